The number of hydrogen-bond donors (Lipinski definition) is 3. The molecule has 20 heavy (non-hydrogen) atoms. The van der Waals surface area contributed by atoms with Gasteiger partial charge in [-0.3, -0.25) is 9.59 Å². The molecule has 0 saturated heterocycles. The van der Waals surface area contributed by atoms with E-state index in [9.17, 15) is 14.7 Å². The van der Waals surface area contributed by atoms with Crippen molar-refractivity contribution >= 4 is 17.0 Å². The van der Waals surface area contributed by atoms with E-state index in [0.717, 1.165) is 6.42 Å². The van der Waals surface area contributed by atoms with Gasteiger partial charge in [0, 0.05) is 6.54 Å². The first-order valence-corrected chi connectivity index (χ1v) is 6.47. The minimum absolute atomic E-state index is 0.130. The van der Waals surface area contributed by atoms with E-state index in [1.54, 1.807) is 6.92 Å². The molecule has 2 rings (SSSR count). The lowest BCUT2D eigenvalue weighted by Crippen LogP contribution is -2.32. The fourth-order valence-electron chi connectivity index (χ4n) is 2.06. The van der Waals surface area contributed by atoms with Crippen molar-refractivity contribution in [1.29, 1.82) is 0 Å². The van der Waals surface area contributed by atoms with Crippen LogP contribution in [0.5, 0.6) is 0 Å². The number of nitrogens with one attached hydrogen (secondary N) is 2. The van der Waals surface area contributed by atoms with Gasteiger partial charge in [0.25, 0.3) is 11.5 Å². The van der Waals surface area contributed by atoms with Crippen molar-refractivity contribution < 1.29 is 14.3 Å². The van der Waals surface area contributed by atoms with E-state index in [0.29, 0.717) is 12.2 Å². The van der Waals surface area contributed by atoms with Crippen molar-refractivity contribution in [3.8, 4) is 0 Å². The van der Waals surface area contributed by atoms with Crippen LogP contribution in [0, 0.1) is 6.92 Å². The Bertz CT molecular complexity index is 674. The molecule has 2 aromatic rings. The lowest BCUT2D eigenvalue weighted by Gasteiger charge is -2.10. The standard InChI is InChI=1S/C13H17N3O4/c1-3-4-8(17)5-14-11(18)9-7(2)20-13-10(9)12(19)15-6-16-13/h6,8,17H,3-5H2,1-2H3,(H,14,18)(H,15,16,19). The van der Waals surface area contributed by atoms with E-state index in [2.05, 4.69) is 15.3 Å². The smallest absolute Gasteiger partial charge is 0.262 e. The molecule has 1 atom stereocenters. The number of fused-ring (bicyclic) bond motifs is 1. The van der Waals surface area contributed by atoms with Crippen LogP contribution in [0.1, 0.15) is 35.9 Å². The first-order chi connectivity index (χ1) is 9.54. The highest BCUT2D eigenvalue weighted by Gasteiger charge is 2.21. The van der Waals surface area contributed by atoms with E-state index in [1.807, 2.05) is 6.92 Å². The first-order valence-electron chi connectivity index (χ1n) is 6.47. The maximum atomic E-state index is 12.1. The van der Waals surface area contributed by atoms with Crippen LogP contribution in [-0.2, 0) is 0 Å². The topological polar surface area (TPSA) is 108 Å². The Morgan fingerprint density at radius 2 is 2.35 bits per heavy atom. The molecule has 0 aromatic carbocycles. The molecular weight excluding hydrogens is 262 g/mol. The highest BCUT2D eigenvalue weighted by atomic mass is 16.3. The van der Waals surface area contributed by atoms with Crippen molar-refractivity contribution in [2.45, 2.75) is 32.8 Å². The van der Waals surface area contributed by atoms with Gasteiger partial charge in [-0.2, -0.15) is 0 Å². The summed E-state index contributed by atoms with van der Waals surface area (Å²) < 4.78 is 5.30. The van der Waals surface area contributed by atoms with Gasteiger partial charge in [0.2, 0.25) is 5.71 Å². The molecule has 0 aliphatic carbocycles. The number of aryl methyl sites for hydroxylation is 1. The summed E-state index contributed by atoms with van der Waals surface area (Å²) in [7, 11) is 0. The van der Waals surface area contributed by atoms with Crippen LogP contribution in [0.25, 0.3) is 11.1 Å². The highest BCUT2D eigenvalue weighted by molar-refractivity contribution is 6.06. The van der Waals surface area contributed by atoms with Gasteiger partial charge in [-0.1, -0.05) is 13.3 Å². The van der Waals surface area contributed by atoms with Gasteiger partial charge in [0.1, 0.15) is 11.1 Å². The Morgan fingerprint density at radius 1 is 1.60 bits per heavy atom. The minimum Gasteiger partial charge on any atom is -0.442 e. The summed E-state index contributed by atoms with van der Waals surface area (Å²) in [6, 6.07) is 0. The third-order valence-electron chi connectivity index (χ3n) is 3.02. The largest absolute Gasteiger partial charge is 0.442 e. The molecular formula is C13H17N3O4. The van der Waals surface area contributed by atoms with Crippen LogP contribution in [-0.4, -0.2) is 33.6 Å². The third kappa shape index (κ3) is 2.72. The molecule has 7 heteroatoms. The lowest BCUT2D eigenvalue weighted by atomic mass is 10.1. The zero-order valence-electron chi connectivity index (χ0n) is 11.4. The monoisotopic (exact) mass is 279 g/mol. The molecule has 0 radical (unpaired) electrons. The molecule has 0 aliphatic heterocycles. The SMILES string of the molecule is CCCC(O)CNC(=O)c1c(C)oc2nc[nH]c(=O)c12. The number of rotatable bonds is 5. The third-order valence-corrected chi connectivity index (χ3v) is 3.02. The Hall–Kier alpha value is -2.15. The van der Waals surface area contributed by atoms with Crippen LogP contribution in [0.2, 0.25) is 0 Å². The predicted molar refractivity (Wildman–Crippen MR) is 72.6 cm³/mol. The van der Waals surface area contributed by atoms with Crippen molar-refractivity contribution in [3.05, 3.63) is 28.0 Å². The minimum atomic E-state index is -0.598. The number of aromatic amines is 1. The molecule has 2 heterocycles. The second kappa shape index (κ2) is 5.87. The predicted octanol–water partition coefficient (Wildman–Crippen LogP) is 0.715. The van der Waals surface area contributed by atoms with Gasteiger partial charge < -0.3 is 19.8 Å². The van der Waals surface area contributed by atoms with Gasteiger partial charge in [-0.15, -0.1) is 0 Å². The average Bonchev–Trinajstić information content (AvgIpc) is 2.74. The van der Waals surface area contributed by atoms with E-state index < -0.39 is 17.6 Å². The molecule has 3 N–H and O–H groups in total. The summed E-state index contributed by atoms with van der Waals surface area (Å²) in [5.74, 6) is -0.124. The van der Waals surface area contributed by atoms with Crippen molar-refractivity contribution in [3.63, 3.8) is 0 Å². The van der Waals surface area contributed by atoms with Crippen molar-refractivity contribution in [2.75, 3.05) is 6.54 Å². The molecule has 0 bridgehead atoms. The van der Waals surface area contributed by atoms with Crippen LogP contribution in [0.15, 0.2) is 15.5 Å². The molecule has 2 aromatic heterocycles. The normalized spacial score (nSPS) is 12.6. The molecule has 1 unspecified atom stereocenters. The Balaban J connectivity index is 2.26. The fraction of sp³-hybridized carbons (Fsp3) is 0.462. The van der Waals surface area contributed by atoms with Gasteiger partial charge in [0.15, 0.2) is 0 Å². The lowest BCUT2D eigenvalue weighted by molar-refractivity contribution is 0.0910. The zero-order valence-corrected chi connectivity index (χ0v) is 11.4. The van der Waals surface area contributed by atoms with Crippen LogP contribution < -0.4 is 10.9 Å². The highest BCUT2D eigenvalue weighted by Crippen LogP contribution is 2.20. The van der Waals surface area contributed by atoms with E-state index >= 15 is 0 Å². The fourth-order valence-corrected chi connectivity index (χ4v) is 2.06. The number of carbonyl (C=O) groups is 1. The first kappa shape index (κ1) is 14.3. The number of aromatic nitrogens is 2. The van der Waals surface area contributed by atoms with Gasteiger partial charge in [-0.05, 0) is 13.3 Å². The van der Waals surface area contributed by atoms with E-state index in [4.69, 9.17) is 4.42 Å². The van der Waals surface area contributed by atoms with Crippen LogP contribution in [0.4, 0.5) is 0 Å². The molecule has 0 saturated carbocycles. The van der Waals surface area contributed by atoms with Crippen molar-refractivity contribution in [1.82, 2.24) is 15.3 Å². The summed E-state index contributed by atoms with van der Waals surface area (Å²) in [6.07, 6.45) is 2.06. The number of nitrogens with zero attached hydrogens (tertiary/aromatic N) is 1. The zero-order chi connectivity index (χ0) is 14.7. The quantitative estimate of drug-likeness (QED) is 0.747. The second-order valence-electron chi connectivity index (χ2n) is 4.60. The van der Waals surface area contributed by atoms with E-state index in [1.165, 1.54) is 6.33 Å². The maximum Gasteiger partial charge on any atom is 0.262 e. The Kier molecular flexibility index (Phi) is 4.19. The number of carbonyl (C=O) groups excluding carboxylic acids is 1. The summed E-state index contributed by atoms with van der Waals surface area (Å²) in [4.78, 5) is 30.2. The second-order valence-corrected chi connectivity index (χ2v) is 4.60. The molecule has 7 nitrogen and oxygen atoms in total. The van der Waals surface area contributed by atoms with Crippen LogP contribution in [0.3, 0.4) is 0 Å². The van der Waals surface area contributed by atoms with E-state index in [-0.39, 0.29) is 23.2 Å². The Labute approximate surface area is 115 Å². The summed E-state index contributed by atoms with van der Waals surface area (Å²) >= 11 is 0. The summed E-state index contributed by atoms with van der Waals surface area (Å²) in [5.41, 5.74) is -0.130. The molecule has 0 spiro atoms. The molecule has 1 amide bonds. The summed E-state index contributed by atoms with van der Waals surface area (Å²) in [6.45, 7) is 3.68. The number of hydrogen-bond acceptors (Lipinski definition) is 5. The van der Waals surface area contributed by atoms with Crippen molar-refractivity contribution in [2.24, 2.45) is 0 Å². The van der Waals surface area contributed by atoms with Crippen LogP contribution >= 0.6 is 0 Å². The number of amides is 1. The maximum absolute atomic E-state index is 12.1. The number of furan rings is 1. The number of aliphatic hydroxyl groups excluding tert-OH is 1. The van der Waals surface area contributed by atoms with Gasteiger partial charge >= 0.3 is 0 Å². The number of aliphatic hydroxyl groups is 1. The number of H-pyrrole nitrogens is 1. The molecule has 108 valence electrons. The average molecular weight is 279 g/mol. The molecule has 0 aliphatic rings. The Morgan fingerprint density at radius 3 is 3.05 bits per heavy atom. The van der Waals surface area contributed by atoms with Gasteiger partial charge in [-0.25, -0.2) is 4.98 Å². The van der Waals surface area contributed by atoms with Gasteiger partial charge in [0.05, 0.1) is 18.0 Å². The summed E-state index contributed by atoms with van der Waals surface area (Å²) in [5, 5.41) is 12.3. The molecule has 0 fully saturated rings.